The Morgan fingerprint density at radius 2 is 2.11 bits per heavy atom. The van der Waals surface area contributed by atoms with E-state index in [9.17, 15) is 22.8 Å². The number of aldehydes is 1. The number of rotatable bonds is 5. The van der Waals surface area contributed by atoms with Gasteiger partial charge in [-0.1, -0.05) is 6.07 Å². The van der Waals surface area contributed by atoms with Gasteiger partial charge in [-0.05, 0) is 42.5 Å². The van der Waals surface area contributed by atoms with E-state index in [0.717, 1.165) is 23.7 Å². The normalized spacial score (nSPS) is 16.2. The number of carbonyl (C=O) groups excluding carboxylic acids is 2. The first-order valence-electron chi connectivity index (χ1n) is 8.59. The van der Waals surface area contributed by atoms with Gasteiger partial charge < -0.3 is 15.8 Å². The minimum absolute atomic E-state index is 0.0524. The van der Waals surface area contributed by atoms with E-state index in [1.165, 1.54) is 12.1 Å². The molecule has 1 aromatic heterocycles. The van der Waals surface area contributed by atoms with Crippen LogP contribution in [-0.4, -0.2) is 36.0 Å². The highest BCUT2D eigenvalue weighted by Gasteiger charge is 2.28. The Kier molecular flexibility index (Phi) is 5.64. The molecule has 0 bridgehead atoms. The number of hydrogen-bond acceptors (Lipinski definition) is 5. The molecule has 1 atom stereocenters. The molecular formula is C19H18F3N3O3. The van der Waals surface area contributed by atoms with Crippen LogP contribution in [0.3, 0.4) is 0 Å². The fraction of sp³-hybridized carbons (Fsp3) is 0.316. The summed E-state index contributed by atoms with van der Waals surface area (Å²) in [5.74, 6) is -0.780. The molecule has 0 saturated carbocycles. The molecule has 6 nitrogen and oxygen atoms in total. The zero-order chi connectivity index (χ0) is 20.3. The number of anilines is 1. The van der Waals surface area contributed by atoms with Gasteiger partial charge in [-0.25, -0.2) is 4.98 Å². The van der Waals surface area contributed by atoms with Gasteiger partial charge in [-0.2, -0.15) is 13.2 Å². The van der Waals surface area contributed by atoms with E-state index in [0.29, 0.717) is 30.4 Å². The lowest BCUT2D eigenvalue weighted by atomic mass is 9.85. The predicted octanol–water partition coefficient (Wildman–Crippen LogP) is 2.90. The van der Waals surface area contributed by atoms with Crippen LogP contribution in [-0.2, 0) is 12.8 Å². The molecule has 0 aliphatic heterocycles. The molecule has 1 aliphatic carbocycles. The number of benzene rings is 1. The van der Waals surface area contributed by atoms with Crippen molar-refractivity contribution in [2.75, 3.05) is 11.9 Å². The van der Waals surface area contributed by atoms with Crippen LogP contribution in [0.4, 0.5) is 18.9 Å². The zero-order valence-corrected chi connectivity index (χ0v) is 14.8. The van der Waals surface area contributed by atoms with Crippen LogP contribution in [0.1, 0.15) is 38.3 Å². The summed E-state index contributed by atoms with van der Waals surface area (Å²) in [6, 6.07) is 6.01. The van der Waals surface area contributed by atoms with Crippen LogP contribution in [0.15, 0.2) is 30.5 Å². The Morgan fingerprint density at radius 3 is 2.75 bits per heavy atom. The second-order valence-electron chi connectivity index (χ2n) is 6.53. The van der Waals surface area contributed by atoms with Crippen molar-refractivity contribution in [1.29, 1.82) is 0 Å². The Hall–Kier alpha value is -2.94. The number of ether oxygens (including phenoxy) is 1. The lowest BCUT2D eigenvalue weighted by Gasteiger charge is -2.24. The molecule has 0 spiro atoms. The molecule has 0 saturated heterocycles. The summed E-state index contributed by atoms with van der Waals surface area (Å²) in [6.07, 6.45) is -0.570. The van der Waals surface area contributed by atoms with Crippen LogP contribution < -0.4 is 15.8 Å². The Balaban J connectivity index is 1.73. The Bertz CT molecular complexity index is 882. The van der Waals surface area contributed by atoms with Gasteiger partial charge in [0.05, 0.1) is 11.3 Å². The molecule has 9 heteroatoms. The number of hydrogen-bond donors (Lipinski definition) is 2. The maximum Gasteiger partial charge on any atom is 0.422 e. The van der Waals surface area contributed by atoms with Crippen LogP contribution in [0.25, 0.3) is 0 Å². The van der Waals surface area contributed by atoms with Crippen molar-refractivity contribution in [3.63, 3.8) is 0 Å². The average Bonchev–Trinajstić information content (AvgIpc) is 2.66. The van der Waals surface area contributed by atoms with Gasteiger partial charge in [0.25, 0.3) is 5.91 Å². The minimum Gasteiger partial charge on any atom is -0.468 e. The number of alkyl halides is 3. The standard InChI is InChI=1S/C19H18F3N3O3/c20-19(21,22)10-28-17-6-2-12(8-24-17)18(27)25-16-5-1-11-7-13(23)3-4-14(11)15(16)9-26/h1-2,5-6,8-9,13H,3-4,7,10,23H2,(H,25,27)/t13-/m0/s1. The van der Waals surface area contributed by atoms with E-state index in [1.807, 2.05) is 6.07 Å². The molecule has 0 fully saturated rings. The molecule has 3 N–H and O–H groups in total. The lowest BCUT2D eigenvalue weighted by molar-refractivity contribution is -0.154. The summed E-state index contributed by atoms with van der Waals surface area (Å²) in [7, 11) is 0. The highest BCUT2D eigenvalue weighted by molar-refractivity contribution is 6.06. The maximum atomic E-state index is 12.4. The Morgan fingerprint density at radius 1 is 1.32 bits per heavy atom. The number of amides is 1. The summed E-state index contributed by atoms with van der Waals surface area (Å²) >= 11 is 0. The summed E-state index contributed by atoms with van der Waals surface area (Å²) in [5.41, 5.74) is 8.73. The van der Waals surface area contributed by atoms with Crippen LogP contribution in [0.5, 0.6) is 5.88 Å². The van der Waals surface area contributed by atoms with Gasteiger partial charge in [0, 0.05) is 23.9 Å². The SMILES string of the molecule is N[C@H]1CCc2c(ccc(NC(=O)c3ccc(OCC(F)(F)F)nc3)c2C=O)C1. The Labute approximate surface area is 158 Å². The lowest BCUT2D eigenvalue weighted by Crippen LogP contribution is -2.28. The third kappa shape index (κ3) is 4.66. The van der Waals surface area contributed by atoms with Crippen LogP contribution >= 0.6 is 0 Å². The van der Waals surface area contributed by atoms with Gasteiger partial charge in [-0.3, -0.25) is 9.59 Å². The largest absolute Gasteiger partial charge is 0.468 e. The van der Waals surface area contributed by atoms with Crippen molar-refractivity contribution in [3.05, 3.63) is 52.7 Å². The molecule has 28 heavy (non-hydrogen) atoms. The summed E-state index contributed by atoms with van der Waals surface area (Å²) in [6.45, 7) is -1.47. The van der Waals surface area contributed by atoms with E-state index in [4.69, 9.17) is 5.73 Å². The highest BCUT2D eigenvalue weighted by Crippen LogP contribution is 2.29. The molecule has 3 rings (SSSR count). The van der Waals surface area contributed by atoms with Crippen molar-refractivity contribution in [2.24, 2.45) is 5.73 Å². The number of carbonyl (C=O) groups is 2. The topological polar surface area (TPSA) is 94.3 Å². The quantitative estimate of drug-likeness (QED) is 0.762. The first-order chi connectivity index (χ1) is 13.3. The molecule has 0 unspecified atom stereocenters. The number of pyridine rings is 1. The molecule has 1 aliphatic rings. The van der Waals surface area contributed by atoms with Crippen molar-refractivity contribution in [2.45, 2.75) is 31.5 Å². The molecular weight excluding hydrogens is 375 g/mol. The summed E-state index contributed by atoms with van der Waals surface area (Å²) in [5, 5.41) is 2.65. The van der Waals surface area contributed by atoms with Gasteiger partial charge in [-0.15, -0.1) is 0 Å². The predicted molar refractivity (Wildman–Crippen MR) is 95.6 cm³/mol. The van der Waals surface area contributed by atoms with Gasteiger partial charge in [0.2, 0.25) is 5.88 Å². The van der Waals surface area contributed by atoms with Crippen molar-refractivity contribution < 1.29 is 27.5 Å². The van der Waals surface area contributed by atoms with E-state index in [1.54, 1.807) is 6.07 Å². The third-order valence-corrected chi connectivity index (χ3v) is 4.45. The monoisotopic (exact) mass is 393 g/mol. The highest BCUT2D eigenvalue weighted by atomic mass is 19.4. The summed E-state index contributed by atoms with van der Waals surface area (Å²) in [4.78, 5) is 27.7. The molecule has 1 aromatic carbocycles. The number of nitrogens with zero attached hydrogens (tertiary/aromatic N) is 1. The van der Waals surface area contributed by atoms with E-state index >= 15 is 0 Å². The van der Waals surface area contributed by atoms with Crippen LogP contribution in [0, 0.1) is 0 Å². The van der Waals surface area contributed by atoms with Crippen LogP contribution in [0.2, 0.25) is 0 Å². The zero-order valence-electron chi connectivity index (χ0n) is 14.8. The van der Waals surface area contributed by atoms with Gasteiger partial charge in [0.1, 0.15) is 0 Å². The molecule has 148 valence electrons. The number of halogens is 3. The van der Waals surface area contributed by atoms with E-state index in [2.05, 4.69) is 15.0 Å². The number of nitrogens with two attached hydrogens (primary N) is 1. The average molecular weight is 393 g/mol. The summed E-state index contributed by atoms with van der Waals surface area (Å²) < 4.78 is 41.0. The van der Waals surface area contributed by atoms with Crippen molar-refractivity contribution >= 4 is 17.9 Å². The van der Waals surface area contributed by atoms with Crippen molar-refractivity contribution in [1.82, 2.24) is 4.98 Å². The first kappa shape index (κ1) is 19.8. The number of nitrogens with one attached hydrogen (secondary N) is 1. The second kappa shape index (κ2) is 7.97. The fourth-order valence-electron chi connectivity index (χ4n) is 3.10. The van der Waals surface area contributed by atoms with E-state index in [-0.39, 0.29) is 17.5 Å². The fourth-order valence-corrected chi connectivity index (χ4v) is 3.10. The third-order valence-electron chi connectivity index (χ3n) is 4.45. The van der Waals surface area contributed by atoms with Gasteiger partial charge >= 0.3 is 6.18 Å². The smallest absolute Gasteiger partial charge is 0.422 e. The van der Waals surface area contributed by atoms with E-state index < -0.39 is 18.7 Å². The number of aromatic nitrogens is 1. The molecule has 1 heterocycles. The first-order valence-corrected chi connectivity index (χ1v) is 8.59. The number of fused-ring (bicyclic) bond motifs is 1. The van der Waals surface area contributed by atoms with Crippen molar-refractivity contribution in [3.8, 4) is 5.88 Å². The van der Waals surface area contributed by atoms with Gasteiger partial charge in [0.15, 0.2) is 12.9 Å². The minimum atomic E-state index is -4.47. The second-order valence-corrected chi connectivity index (χ2v) is 6.53. The molecule has 2 aromatic rings. The maximum absolute atomic E-state index is 12.4. The molecule has 1 amide bonds. The molecule has 0 radical (unpaired) electrons.